The Hall–Kier alpha value is -1.67. The van der Waals surface area contributed by atoms with Crippen molar-refractivity contribution < 1.29 is 13.2 Å². The molecular formula is C8H11N3O4S. The van der Waals surface area contributed by atoms with Crippen molar-refractivity contribution in [2.45, 2.75) is 0 Å². The number of nitrogens with one attached hydrogen (secondary N) is 2. The maximum Gasteiger partial charge on any atom is 0.251 e. The van der Waals surface area contributed by atoms with E-state index in [1.165, 1.54) is 12.3 Å². The van der Waals surface area contributed by atoms with Crippen LogP contribution in [0.2, 0.25) is 0 Å². The number of sulfonamides is 1. The molecule has 0 saturated carbocycles. The second-order valence-corrected chi connectivity index (χ2v) is 4.80. The van der Waals surface area contributed by atoms with Crippen molar-refractivity contribution in [3.63, 3.8) is 0 Å². The van der Waals surface area contributed by atoms with Crippen LogP contribution in [0.25, 0.3) is 0 Å². The summed E-state index contributed by atoms with van der Waals surface area (Å²) in [4.78, 5) is 24.6. The average molecular weight is 245 g/mol. The van der Waals surface area contributed by atoms with E-state index in [-0.39, 0.29) is 17.9 Å². The molecule has 88 valence electrons. The molecule has 1 rings (SSSR count). The van der Waals surface area contributed by atoms with Crippen LogP contribution in [0.5, 0.6) is 0 Å². The minimum atomic E-state index is -3.59. The SMILES string of the molecule is NS(=O)(=O)CCNC(=O)c1cc[nH]c(=O)c1. The monoisotopic (exact) mass is 245 g/mol. The first-order chi connectivity index (χ1) is 7.38. The minimum Gasteiger partial charge on any atom is -0.351 e. The number of amides is 1. The third kappa shape index (κ3) is 4.24. The Bertz CT molecular complexity index is 534. The second kappa shape index (κ2) is 4.90. The number of pyridine rings is 1. The number of aromatic nitrogens is 1. The van der Waals surface area contributed by atoms with Crippen molar-refractivity contribution in [2.24, 2.45) is 5.14 Å². The molecule has 16 heavy (non-hydrogen) atoms. The minimum absolute atomic E-state index is 0.0928. The highest BCUT2D eigenvalue weighted by Crippen LogP contribution is 1.92. The molecule has 0 aliphatic heterocycles. The number of primary sulfonamides is 1. The summed E-state index contributed by atoms with van der Waals surface area (Å²) in [5.41, 5.74) is -0.239. The van der Waals surface area contributed by atoms with Crippen LogP contribution in [-0.4, -0.2) is 31.6 Å². The van der Waals surface area contributed by atoms with E-state index in [2.05, 4.69) is 10.3 Å². The Balaban J connectivity index is 2.57. The molecule has 0 saturated heterocycles. The first-order valence-corrected chi connectivity index (χ1v) is 6.07. The molecule has 1 aromatic heterocycles. The van der Waals surface area contributed by atoms with Gasteiger partial charge in [-0.3, -0.25) is 9.59 Å². The lowest BCUT2D eigenvalue weighted by Gasteiger charge is -2.03. The molecule has 1 heterocycles. The lowest BCUT2D eigenvalue weighted by Crippen LogP contribution is -2.31. The van der Waals surface area contributed by atoms with Crippen LogP contribution in [0.1, 0.15) is 10.4 Å². The van der Waals surface area contributed by atoms with Gasteiger partial charge in [-0.1, -0.05) is 0 Å². The Labute approximate surface area is 91.7 Å². The molecule has 1 aromatic rings. The second-order valence-electron chi connectivity index (χ2n) is 3.06. The number of aromatic amines is 1. The highest BCUT2D eigenvalue weighted by molar-refractivity contribution is 7.89. The predicted molar refractivity (Wildman–Crippen MR) is 57.4 cm³/mol. The zero-order valence-electron chi connectivity index (χ0n) is 8.26. The third-order valence-corrected chi connectivity index (χ3v) is 2.48. The first kappa shape index (κ1) is 12.4. The molecule has 8 heteroatoms. The van der Waals surface area contributed by atoms with Gasteiger partial charge in [-0.25, -0.2) is 13.6 Å². The normalized spacial score (nSPS) is 11.1. The van der Waals surface area contributed by atoms with E-state index in [0.717, 1.165) is 6.07 Å². The molecule has 0 bridgehead atoms. The van der Waals surface area contributed by atoms with Crippen LogP contribution in [0, 0.1) is 0 Å². The topological polar surface area (TPSA) is 122 Å². The lowest BCUT2D eigenvalue weighted by atomic mass is 10.2. The summed E-state index contributed by atoms with van der Waals surface area (Å²) in [6.45, 7) is -0.0928. The van der Waals surface area contributed by atoms with Crippen LogP contribution in [0.15, 0.2) is 23.1 Å². The first-order valence-electron chi connectivity index (χ1n) is 4.36. The highest BCUT2D eigenvalue weighted by Gasteiger charge is 2.07. The molecule has 7 nitrogen and oxygen atoms in total. The van der Waals surface area contributed by atoms with Crippen molar-refractivity contribution in [3.05, 3.63) is 34.2 Å². The van der Waals surface area contributed by atoms with Crippen LogP contribution in [0.4, 0.5) is 0 Å². The number of carbonyl (C=O) groups excluding carboxylic acids is 1. The van der Waals surface area contributed by atoms with Gasteiger partial charge in [0, 0.05) is 24.4 Å². The summed E-state index contributed by atoms with van der Waals surface area (Å²) in [6, 6.07) is 2.53. The maximum absolute atomic E-state index is 11.4. The zero-order chi connectivity index (χ0) is 12.2. The molecule has 0 spiro atoms. The van der Waals surface area contributed by atoms with Gasteiger partial charge in [0.1, 0.15) is 0 Å². The molecule has 0 aliphatic rings. The standard InChI is InChI=1S/C8H11N3O4S/c9-16(14,15)4-3-11-8(13)6-1-2-10-7(12)5-6/h1-2,5H,3-4H2,(H,10,12)(H,11,13)(H2,9,14,15). The molecule has 0 aliphatic carbocycles. The molecule has 0 unspecified atom stereocenters. The van der Waals surface area contributed by atoms with Gasteiger partial charge in [0.15, 0.2) is 0 Å². The fourth-order valence-corrected chi connectivity index (χ4v) is 1.38. The number of carbonyl (C=O) groups is 1. The van der Waals surface area contributed by atoms with E-state index >= 15 is 0 Å². The molecule has 0 fully saturated rings. The Kier molecular flexibility index (Phi) is 3.80. The fraction of sp³-hybridized carbons (Fsp3) is 0.250. The van der Waals surface area contributed by atoms with Gasteiger partial charge in [-0.2, -0.15) is 0 Å². The summed E-state index contributed by atoms with van der Waals surface area (Å²) >= 11 is 0. The predicted octanol–water partition coefficient (Wildman–Crippen LogP) is -1.61. The van der Waals surface area contributed by atoms with Crippen LogP contribution < -0.4 is 16.0 Å². The Morgan fingerprint density at radius 3 is 2.75 bits per heavy atom. The van der Waals surface area contributed by atoms with E-state index in [0.29, 0.717) is 0 Å². The van der Waals surface area contributed by atoms with E-state index < -0.39 is 21.5 Å². The van der Waals surface area contributed by atoms with Crippen molar-refractivity contribution >= 4 is 15.9 Å². The van der Waals surface area contributed by atoms with Gasteiger partial charge in [0.2, 0.25) is 15.6 Å². The molecule has 0 radical (unpaired) electrons. The quantitative estimate of drug-likeness (QED) is 0.590. The molecule has 0 aromatic carbocycles. The Morgan fingerprint density at radius 1 is 1.50 bits per heavy atom. The van der Waals surface area contributed by atoms with Gasteiger partial charge in [0.25, 0.3) is 5.91 Å². The zero-order valence-corrected chi connectivity index (χ0v) is 9.08. The smallest absolute Gasteiger partial charge is 0.251 e. The number of hydrogen-bond acceptors (Lipinski definition) is 4. The van der Waals surface area contributed by atoms with E-state index in [4.69, 9.17) is 5.14 Å². The van der Waals surface area contributed by atoms with Gasteiger partial charge in [-0.05, 0) is 6.07 Å². The van der Waals surface area contributed by atoms with E-state index in [1.54, 1.807) is 0 Å². The highest BCUT2D eigenvalue weighted by atomic mass is 32.2. The maximum atomic E-state index is 11.4. The van der Waals surface area contributed by atoms with Crippen molar-refractivity contribution in [1.29, 1.82) is 0 Å². The van der Waals surface area contributed by atoms with Crippen LogP contribution >= 0.6 is 0 Å². The number of rotatable bonds is 4. The number of nitrogens with two attached hydrogens (primary N) is 1. The number of H-pyrrole nitrogens is 1. The fourth-order valence-electron chi connectivity index (χ4n) is 0.995. The van der Waals surface area contributed by atoms with E-state index in [1.807, 2.05) is 0 Å². The Morgan fingerprint density at radius 2 is 2.19 bits per heavy atom. The van der Waals surface area contributed by atoms with Crippen LogP contribution in [-0.2, 0) is 10.0 Å². The summed E-state index contributed by atoms with van der Waals surface area (Å²) in [7, 11) is -3.59. The summed E-state index contributed by atoms with van der Waals surface area (Å²) < 4.78 is 21.1. The summed E-state index contributed by atoms with van der Waals surface area (Å²) in [5.74, 6) is -0.864. The van der Waals surface area contributed by atoms with E-state index in [9.17, 15) is 18.0 Å². The summed E-state index contributed by atoms with van der Waals surface area (Å²) in [5, 5.41) is 7.08. The summed E-state index contributed by atoms with van der Waals surface area (Å²) in [6.07, 6.45) is 1.33. The molecular weight excluding hydrogens is 234 g/mol. The molecule has 1 amide bonds. The number of hydrogen-bond donors (Lipinski definition) is 3. The molecule has 0 atom stereocenters. The van der Waals surface area contributed by atoms with Gasteiger partial charge in [-0.15, -0.1) is 0 Å². The van der Waals surface area contributed by atoms with Crippen molar-refractivity contribution in [1.82, 2.24) is 10.3 Å². The average Bonchev–Trinajstić information content (AvgIpc) is 2.15. The largest absolute Gasteiger partial charge is 0.351 e. The van der Waals surface area contributed by atoms with Crippen LogP contribution in [0.3, 0.4) is 0 Å². The van der Waals surface area contributed by atoms with Crippen molar-refractivity contribution in [3.8, 4) is 0 Å². The van der Waals surface area contributed by atoms with Crippen molar-refractivity contribution in [2.75, 3.05) is 12.3 Å². The molecule has 4 N–H and O–H groups in total. The van der Waals surface area contributed by atoms with Gasteiger partial charge < -0.3 is 10.3 Å². The van der Waals surface area contributed by atoms with Gasteiger partial charge in [0.05, 0.1) is 5.75 Å². The third-order valence-electron chi connectivity index (χ3n) is 1.71. The lowest BCUT2D eigenvalue weighted by molar-refractivity contribution is 0.0956. The van der Waals surface area contributed by atoms with Gasteiger partial charge >= 0.3 is 0 Å².